The zero-order valence-corrected chi connectivity index (χ0v) is 16.0. The fourth-order valence-electron chi connectivity index (χ4n) is 3.00. The van der Waals surface area contributed by atoms with E-state index in [1.807, 2.05) is 25.4 Å². The molecule has 0 radical (unpaired) electrons. The zero-order chi connectivity index (χ0) is 20.1. The highest BCUT2D eigenvalue weighted by atomic mass is 16.5. The van der Waals surface area contributed by atoms with E-state index in [4.69, 9.17) is 10.00 Å². The summed E-state index contributed by atoms with van der Waals surface area (Å²) in [7, 11) is 1.86. The maximum atomic E-state index is 8.88. The first-order valence-electron chi connectivity index (χ1n) is 9.27. The number of aryl methyl sites for hydroxylation is 1. The number of nitrogens with one attached hydrogen (secondary N) is 3. The number of rotatable bonds is 6. The van der Waals surface area contributed by atoms with Gasteiger partial charge in [0.1, 0.15) is 17.5 Å². The van der Waals surface area contributed by atoms with E-state index in [1.165, 1.54) is 0 Å². The van der Waals surface area contributed by atoms with Crippen LogP contribution in [0.5, 0.6) is 0 Å². The second-order valence-corrected chi connectivity index (χ2v) is 6.64. The lowest BCUT2D eigenvalue weighted by molar-refractivity contribution is 0.0372. The molecule has 148 valence electrons. The molecule has 0 aliphatic carbocycles. The predicted octanol–water partition coefficient (Wildman–Crippen LogP) is 1.29. The SMILES string of the molecule is Cn1cc(-c2nnc(Nc3ccc(C#N)nc3)cc2NCC2CNCCO2)cn1. The van der Waals surface area contributed by atoms with Gasteiger partial charge in [0.2, 0.25) is 0 Å². The molecule has 29 heavy (non-hydrogen) atoms. The molecule has 0 aromatic carbocycles. The Kier molecular flexibility index (Phi) is 5.60. The smallest absolute Gasteiger partial charge is 0.155 e. The van der Waals surface area contributed by atoms with Crippen LogP contribution in [0.25, 0.3) is 11.3 Å². The molecule has 3 aromatic rings. The highest BCUT2D eigenvalue weighted by Gasteiger charge is 2.16. The van der Waals surface area contributed by atoms with E-state index >= 15 is 0 Å². The zero-order valence-electron chi connectivity index (χ0n) is 16.0. The van der Waals surface area contributed by atoms with Gasteiger partial charge in [0.25, 0.3) is 0 Å². The number of morpholine rings is 1. The summed E-state index contributed by atoms with van der Waals surface area (Å²) in [5, 5.41) is 31.7. The molecule has 3 aromatic heterocycles. The number of hydrogen-bond donors (Lipinski definition) is 3. The summed E-state index contributed by atoms with van der Waals surface area (Å²) < 4.78 is 7.50. The van der Waals surface area contributed by atoms with Crippen molar-refractivity contribution in [2.24, 2.45) is 7.05 Å². The van der Waals surface area contributed by atoms with E-state index in [2.05, 4.69) is 36.2 Å². The molecule has 10 heteroatoms. The summed E-state index contributed by atoms with van der Waals surface area (Å²) >= 11 is 0. The van der Waals surface area contributed by atoms with E-state index in [0.29, 0.717) is 30.4 Å². The average molecular weight is 391 g/mol. The molecule has 1 aliphatic rings. The van der Waals surface area contributed by atoms with Crippen LogP contribution in [-0.4, -0.2) is 57.3 Å². The summed E-state index contributed by atoms with van der Waals surface area (Å²) in [6, 6.07) is 7.31. The van der Waals surface area contributed by atoms with Gasteiger partial charge >= 0.3 is 0 Å². The molecule has 3 N–H and O–H groups in total. The second-order valence-electron chi connectivity index (χ2n) is 6.64. The van der Waals surface area contributed by atoms with E-state index in [9.17, 15) is 0 Å². The first-order valence-corrected chi connectivity index (χ1v) is 9.27. The van der Waals surface area contributed by atoms with E-state index in [1.54, 1.807) is 29.2 Å². The Hall–Kier alpha value is -3.55. The Balaban J connectivity index is 1.57. The lowest BCUT2D eigenvalue weighted by Gasteiger charge is -2.24. The van der Waals surface area contributed by atoms with Gasteiger partial charge in [-0.05, 0) is 12.1 Å². The fraction of sp³-hybridized carbons (Fsp3) is 0.316. The Labute approximate surface area is 167 Å². The molecule has 10 nitrogen and oxygen atoms in total. The van der Waals surface area contributed by atoms with Crippen molar-refractivity contribution in [3.05, 3.63) is 42.5 Å². The Bertz CT molecular complexity index is 1000. The van der Waals surface area contributed by atoms with E-state index in [-0.39, 0.29) is 6.10 Å². The molecular formula is C19H21N9O. The molecule has 0 amide bonds. The molecule has 0 bridgehead atoms. The highest BCUT2D eigenvalue weighted by Crippen LogP contribution is 2.27. The van der Waals surface area contributed by atoms with Gasteiger partial charge in [-0.3, -0.25) is 4.68 Å². The molecule has 1 unspecified atom stereocenters. The van der Waals surface area contributed by atoms with Gasteiger partial charge in [-0.15, -0.1) is 10.2 Å². The van der Waals surface area contributed by atoms with Crippen molar-refractivity contribution >= 4 is 17.2 Å². The molecule has 4 rings (SSSR count). The van der Waals surface area contributed by atoms with Crippen LogP contribution in [-0.2, 0) is 11.8 Å². The van der Waals surface area contributed by atoms with Crippen molar-refractivity contribution < 1.29 is 4.74 Å². The number of nitriles is 1. The largest absolute Gasteiger partial charge is 0.380 e. The molecule has 1 aliphatic heterocycles. The number of ether oxygens (including phenoxy) is 1. The molecule has 1 fully saturated rings. The van der Waals surface area contributed by atoms with Crippen molar-refractivity contribution in [1.29, 1.82) is 5.26 Å². The van der Waals surface area contributed by atoms with Gasteiger partial charge in [-0.1, -0.05) is 0 Å². The second kappa shape index (κ2) is 8.64. The lowest BCUT2D eigenvalue weighted by Crippen LogP contribution is -2.42. The van der Waals surface area contributed by atoms with Crippen LogP contribution in [0.1, 0.15) is 5.69 Å². The number of nitrogens with zero attached hydrogens (tertiary/aromatic N) is 6. The average Bonchev–Trinajstić information content (AvgIpc) is 3.20. The Morgan fingerprint density at radius 1 is 1.34 bits per heavy atom. The van der Waals surface area contributed by atoms with Crippen LogP contribution in [0.4, 0.5) is 17.2 Å². The van der Waals surface area contributed by atoms with Crippen molar-refractivity contribution in [2.45, 2.75) is 6.10 Å². The summed E-state index contributed by atoms with van der Waals surface area (Å²) in [6.45, 7) is 3.02. The van der Waals surface area contributed by atoms with Crippen LogP contribution >= 0.6 is 0 Å². The molecular weight excluding hydrogens is 370 g/mol. The summed E-state index contributed by atoms with van der Waals surface area (Å²) in [5.74, 6) is 0.564. The maximum absolute atomic E-state index is 8.88. The third-order valence-corrected chi connectivity index (χ3v) is 4.45. The Morgan fingerprint density at radius 2 is 2.28 bits per heavy atom. The van der Waals surface area contributed by atoms with Gasteiger partial charge in [0.05, 0.1) is 36.5 Å². The van der Waals surface area contributed by atoms with Crippen molar-refractivity contribution in [3.63, 3.8) is 0 Å². The minimum atomic E-state index is 0.0813. The van der Waals surface area contributed by atoms with Gasteiger partial charge in [-0.2, -0.15) is 10.4 Å². The minimum Gasteiger partial charge on any atom is -0.380 e. The van der Waals surface area contributed by atoms with Gasteiger partial charge in [0.15, 0.2) is 5.82 Å². The van der Waals surface area contributed by atoms with Crippen LogP contribution < -0.4 is 16.0 Å². The molecule has 4 heterocycles. The number of pyridine rings is 1. The van der Waals surface area contributed by atoms with Gasteiger partial charge in [-0.25, -0.2) is 4.98 Å². The lowest BCUT2D eigenvalue weighted by atomic mass is 10.2. The Morgan fingerprint density at radius 3 is 2.97 bits per heavy atom. The normalized spacial score (nSPS) is 16.2. The molecule has 0 saturated carbocycles. The molecule has 1 atom stereocenters. The summed E-state index contributed by atoms with van der Waals surface area (Å²) in [4.78, 5) is 4.06. The van der Waals surface area contributed by atoms with Crippen molar-refractivity contribution in [2.75, 3.05) is 36.9 Å². The van der Waals surface area contributed by atoms with Crippen LogP contribution in [0.3, 0.4) is 0 Å². The monoisotopic (exact) mass is 391 g/mol. The van der Waals surface area contributed by atoms with Gasteiger partial charge in [0, 0.05) is 44.5 Å². The van der Waals surface area contributed by atoms with Crippen LogP contribution in [0, 0.1) is 11.3 Å². The van der Waals surface area contributed by atoms with Gasteiger partial charge < -0.3 is 20.7 Å². The van der Waals surface area contributed by atoms with E-state index in [0.717, 1.165) is 30.0 Å². The fourth-order valence-corrected chi connectivity index (χ4v) is 3.00. The number of aromatic nitrogens is 5. The quantitative estimate of drug-likeness (QED) is 0.570. The first-order chi connectivity index (χ1) is 14.2. The maximum Gasteiger partial charge on any atom is 0.155 e. The number of hydrogen-bond acceptors (Lipinski definition) is 9. The van der Waals surface area contributed by atoms with Crippen LogP contribution in [0.15, 0.2) is 36.8 Å². The minimum absolute atomic E-state index is 0.0813. The third-order valence-electron chi connectivity index (χ3n) is 4.45. The summed E-state index contributed by atoms with van der Waals surface area (Å²) in [5.41, 5.74) is 3.49. The van der Waals surface area contributed by atoms with Crippen molar-refractivity contribution in [1.82, 2.24) is 30.3 Å². The highest BCUT2D eigenvalue weighted by molar-refractivity contribution is 5.75. The van der Waals surface area contributed by atoms with Crippen LogP contribution in [0.2, 0.25) is 0 Å². The first kappa shape index (κ1) is 18.8. The third kappa shape index (κ3) is 4.66. The molecule has 0 spiro atoms. The molecule has 1 saturated heterocycles. The van der Waals surface area contributed by atoms with E-state index < -0.39 is 0 Å². The topological polar surface area (TPSA) is 126 Å². The van der Waals surface area contributed by atoms with Crippen molar-refractivity contribution in [3.8, 4) is 17.3 Å². The number of anilines is 3. The standard InChI is InChI=1S/C19H21N9O/c1-28-12-13(8-24-28)19-17(23-11-16-10-21-4-5-29-16)6-18(26-27-19)25-15-3-2-14(7-20)22-9-15/h2-3,6,8-9,12,16,21H,4-5,10-11H2,1H3,(H2,23,25,26). The summed E-state index contributed by atoms with van der Waals surface area (Å²) in [6.07, 6.45) is 5.32. The predicted molar refractivity (Wildman–Crippen MR) is 108 cm³/mol.